The van der Waals surface area contributed by atoms with Gasteiger partial charge in [0, 0.05) is 37.7 Å². The van der Waals surface area contributed by atoms with E-state index in [9.17, 15) is 22.8 Å². The van der Waals surface area contributed by atoms with Crippen LogP contribution in [-0.2, 0) is 43.2 Å². The molecule has 0 saturated carbocycles. The predicted molar refractivity (Wildman–Crippen MR) is 157 cm³/mol. The summed E-state index contributed by atoms with van der Waals surface area (Å²) in [6, 6.07) is 11.8. The molecule has 3 atom stereocenters. The van der Waals surface area contributed by atoms with Crippen LogP contribution in [0.15, 0.2) is 48.5 Å². The summed E-state index contributed by atoms with van der Waals surface area (Å²) in [4.78, 5) is 43.3. The Labute approximate surface area is 246 Å². The van der Waals surface area contributed by atoms with E-state index in [1.165, 1.54) is 4.90 Å². The standard InChI is InChI=1S/C29H38ClN5O5S/c1-20-11-13-34(18-20)27(36)15-25(33-41(39,40)19-21-6-3-2-4-7-21)29(38)35-12-5-8-26(35)28(37)32-17-23-14-24(30)10-9-22(23)16-31/h2-4,6-7,9-10,14,20,25-26,33H,5,8,11-13,15-19,31H2,1H3,(H,32,37)/t20-,25?,26+/m1/s1. The second kappa shape index (κ2) is 13.8. The maximum absolute atomic E-state index is 13.8. The number of hydrogen-bond acceptors (Lipinski definition) is 6. The van der Waals surface area contributed by atoms with Crippen molar-refractivity contribution in [2.24, 2.45) is 11.7 Å². The molecule has 2 aliphatic heterocycles. The van der Waals surface area contributed by atoms with Crippen LogP contribution >= 0.6 is 11.6 Å². The maximum Gasteiger partial charge on any atom is 0.243 e. The summed E-state index contributed by atoms with van der Waals surface area (Å²) in [5, 5.41) is 3.40. The van der Waals surface area contributed by atoms with E-state index in [4.69, 9.17) is 17.3 Å². The number of rotatable bonds is 11. The summed E-state index contributed by atoms with van der Waals surface area (Å²) in [6.07, 6.45) is 1.55. The fourth-order valence-corrected chi connectivity index (χ4v) is 6.99. The molecule has 0 bridgehead atoms. The van der Waals surface area contributed by atoms with Crippen molar-refractivity contribution < 1.29 is 22.8 Å². The number of nitrogens with one attached hydrogen (secondary N) is 2. The molecule has 12 heteroatoms. The van der Waals surface area contributed by atoms with Crippen LogP contribution in [0, 0.1) is 5.92 Å². The van der Waals surface area contributed by atoms with Gasteiger partial charge in [0.1, 0.15) is 12.1 Å². The lowest BCUT2D eigenvalue weighted by Gasteiger charge is -2.29. The molecule has 0 aromatic heterocycles. The molecule has 2 aromatic carbocycles. The Morgan fingerprint density at radius 3 is 2.51 bits per heavy atom. The Morgan fingerprint density at radius 1 is 1.07 bits per heavy atom. The van der Waals surface area contributed by atoms with E-state index in [-0.39, 0.29) is 43.6 Å². The maximum atomic E-state index is 13.8. The van der Waals surface area contributed by atoms with E-state index in [0.29, 0.717) is 42.4 Å². The molecule has 2 fully saturated rings. The Bertz CT molecular complexity index is 1360. The van der Waals surface area contributed by atoms with Gasteiger partial charge in [0.05, 0.1) is 12.2 Å². The molecular formula is C29H38ClN5O5S. The molecule has 10 nitrogen and oxygen atoms in total. The number of nitrogens with two attached hydrogens (primary N) is 1. The van der Waals surface area contributed by atoms with Crippen molar-refractivity contribution in [3.05, 3.63) is 70.2 Å². The van der Waals surface area contributed by atoms with Crippen molar-refractivity contribution in [2.75, 3.05) is 19.6 Å². The molecule has 41 heavy (non-hydrogen) atoms. The number of likely N-dealkylation sites (tertiary alicyclic amines) is 2. The first-order valence-electron chi connectivity index (χ1n) is 13.9. The molecule has 2 aromatic rings. The van der Waals surface area contributed by atoms with Gasteiger partial charge in [0.15, 0.2) is 0 Å². The monoisotopic (exact) mass is 603 g/mol. The van der Waals surface area contributed by atoms with E-state index in [1.54, 1.807) is 53.4 Å². The molecule has 2 saturated heterocycles. The SMILES string of the molecule is C[C@@H]1CCN(C(=O)CC(NS(=O)(=O)Cc2ccccc2)C(=O)N2CCC[C@H]2C(=O)NCc2cc(Cl)ccc2CN)C1. The highest BCUT2D eigenvalue weighted by molar-refractivity contribution is 7.88. The van der Waals surface area contributed by atoms with Gasteiger partial charge in [0.25, 0.3) is 0 Å². The van der Waals surface area contributed by atoms with Crippen LogP contribution in [0.2, 0.25) is 5.02 Å². The zero-order chi connectivity index (χ0) is 29.6. The number of carbonyl (C=O) groups is 3. The van der Waals surface area contributed by atoms with Crippen molar-refractivity contribution in [2.45, 2.75) is 63.5 Å². The summed E-state index contributed by atoms with van der Waals surface area (Å²) in [6.45, 7) is 3.94. The van der Waals surface area contributed by atoms with Gasteiger partial charge in [-0.15, -0.1) is 0 Å². The van der Waals surface area contributed by atoms with E-state index < -0.39 is 28.0 Å². The highest BCUT2D eigenvalue weighted by atomic mass is 35.5. The minimum atomic E-state index is -3.98. The topological polar surface area (TPSA) is 142 Å². The van der Waals surface area contributed by atoms with Crippen molar-refractivity contribution >= 4 is 39.3 Å². The first-order chi connectivity index (χ1) is 19.6. The molecule has 2 heterocycles. The Balaban J connectivity index is 1.49. The molecule has 3 amide bonds. The zero-order valence-electron chi connectivity index (χ0n) is 23.2. The van der Waals surface area contributed by atoms with Gasteiger partial charge < -0.3 is 20.9 Å². The number of nitrogens with zero attached hydrogens (tertiary/aromatic N) is 2. The normalized spacial score (nSPS) is 19.8. The summed E-state index contributed by atoms with van der Waals surface area (Å²) in [5.74, 6) is -1.21. The smallest absolute Gasteiger partial charge is 0.243 e. The molecular weight excluding hydrogens is 566 g/mol. The van der Waals surface area contributed by atoms with Crippen LogP contribution < -0.4 is 15.8 Å². The van der Waals surface area contributed by atoms with Crippen molar-refractivity contribution in [1.29, 1.82) is 0 Å². The third-order valence-corrected chi connectivity index (χ3v) is 9.25. The third-order valence-electron chi connectivity index (χ3n) is 7.65. The van der Waals surface area contributed by atoms with Gasteiger partial charge in [-0.2, -0.15) is 0 Å². The van der Waals surface area contributed by atoms with Crippen molar-refractivity contribution in [3.8, 4) is 0 Å². The number of benzene rings is 2. The zero-order valence-corrected chi connectivity index (χ0v) is 24.8. The van der Waals surface area contributed by atoms with E-state index in [0.717, 1.165) is 17.5 Å². The molecule has 0 aliphatic carbocycles. The Morgan fingerprint density at radius 2 is 1.83 bits per heavy atom. The van der Waals surface area contributed by atoms with Gasteiger partial charge in [0.2, 0.25) is 27.7 Å². The molecule has 1 unspecified atom stereocenters. The third kappa shape index (κ3) is 8.28. The van der Waals surface area contributed by atoms with E-state index in [1.807, 2.05) is 6.92 Å². The number of carbonyl (C=O) groups excluding carboxylic acids is 3. The summed E-state index contributed by atoms with van der Waals surface area (Å²) in [5.41, 5.74) is 8.00. The fraction of sp³-hybridized carbons (Fsp3) is 0.483. The lowest BCUT2D eigenvalue weighted by atomic mass is 10.1. The molecule has 0 spiro atoms. The fourth-order valence-electron chi connectivity index (χ4n) is 5.46. The molecule has 2 aliphatic rings. The van der Waals surface area contributed by atoms with Crippen LogP contribution in [0.4, 0.5) is 0 Å². The highest BCUT2D eigenvalue weighted by Gasteiger charge is 2.40. The summed E-state index contributed by atoms with van der Waals surface area (Å²) in [7, 11) is -3.98. The molecule has 4 rings (SSSR count). The van der Waals surface area contributed by atoms with Crippen molar-refractivity contribution in [1.82, 2.24) is 19.8 Å². The minimum absolute atomic E-state index is 0.184. The summed E-state index contributed by atoms with van der Waals surface area (Å²) >= 11 is 6.12. The van der Waals surface area contributed by atoms with Crippen molar-refractivity contribution in [3.63, 3.8) is 0 Å². The second-order valence-corrected chi connectivity index (χ2v) is 13.1. The van der Waals surface area contributed by atoms with Gasteiger partial charge in [-0.3, -0.25) is 14.4 Å². The predicted octanol–water partition coefficient (Wildman–Crippen LogP) is 2.15. The largest absolute Gasteiger partial charge is 0.350 e. The lowest BCUT2D eigenvalue weighted by molar-refractivity contribution is -0.142. The highest BCUT2D eigenvalue weighted by Crippen LogP contribution is 2.23. The lowest BCUT2D eigenvalue weighted by Crippen LogP contribution is -2.54. The first kappa shape index (κ1) is 31.0. The van der Waals surface area contributed by atoms with Gasteiger partial charge in [-0.1, -0.05) is 54.9 Å². The average Bonchev–Trinajstić information content (AvgIpc) is 3.61. The number of hydrogen-bond donors (Lipinski definition) is 3. The van der Waals surface area contributed by atoms with Crippen LogP contribution in [0.1, 0.15) is 49.3 Å². The molecule has 222 valence electrons. The Kier molecular flexibility index (Phi) is 10.4. The second-order valence-electron chi connectivity index (χ2n) is 10.9. The van der Waals surface area contributed by atoms with E-state index >= 15 is 0 Å². The van der Waals surface area contributed by atoms with Crippen LogP contribution in [0.25, 0.3) is 0 Å². The van der Waals surface area contributed by atoms with Crippen LogP contribution in [-0.4, -0.2) is 67.7 Å². The van der Waals surface area contributed by atoms with Gasteiger partial charge in [-0.25, -0.2) is 13.1 Å². The van der Waals surface area contributed by atoms with E-state index in [2.05, 4.69) is 10.0 Å². The van der Waals surface area contributed by atoms with Crippen LogP contribution in [0.3, 0.4) is 0 Å². The quantitative estimate of drug-likeness (QED) is 0.359. The number of sulfonamides is 1. The van der Waals surface area contributed by atoms with Gasteiger partial charge in [-0.05, 0) is 54.0 Å². The summed E-state index contributed by atoms with van der Waals surface area (Å²) < 4.78 is 28.8. The molecule has 4 N–H and O–H groups in total. The minimum Gasteiger partial charge on any atom is -0.350 e. The Hall–Kier alpha value is -2.99. The van der Waals surface area contributed by atoms with Crippen LogP contribution in [0.5, 0.6) is 0 Å². The number of amides is 3. The average molecular weight is 604 g/mol. The number of halogens is 1. The van der Waals surface area contributed by atoms with Gasteiger partial charge >= 0.3 is 0 Å². The molecule has 0 radical (unpaired) electrons. The first-order valence-corrected chi connectivity index (χ1v) is 16.0.